The second-order valence-electron chi connectivity index (χ2n) is 4.02. The van der Waals surface area contributed by atoms with Gasteiger partial charge in [0.2, 0.25) is 0 Å². The molecule has 2 N–H and O–H groups in total. The quantitative estimate of drug-likeness (QED) is 0.867. The summed E-state index contributed by atoms with van der Waals surface area (Å²) in [6, 6.07) is 9.57. The number of aromatic nitrogens is 1. The summed E-state index contributed by atoms with van der Waals surface area (Å²) in [6.45, 7) is 0. The van der Waals surface area contributed by atoms with Crippen LogP contribution in [-0.2, 0) is 0 Å². The minimum absolute atomic E-state index is 0.354. The number of nitrogens with two attached hydrogens (primary N) is 1. The number of anilines is 2. The largest absolute Gasteiger partial charge is 0.497 e. The second-order valence-corrected chi connectivity index (χ2v) is 4.46. The number of methoxy groups -OCH3 is 1. The number of hydrogen-bond donors (Lipinski definition) is 1. The maximum atomic E-state index is 5.74. The van der Waals surface area contributed by atoms with Crippen molar-refractivity contribution < 1.29 is 4.74 Å². The van der Waals surface area contributed by atoms with E-state index < -0.39 is 0 Å². The molecule has 0 saturated heterocycles. The first-order valence-electron chi connectivity index (χ1n) is 5.75. The Morgan fingerprint density at radius 2 is 2.16 bits per heavy atom. The number of hydrogen-bond acceptors (Lipinski definition) is 4. The number of thiocarbonyl (C=S) groups is 1. The van der Waals surface area contributed by atoms with Gasteiger partial charge in [-0.2, -0.15) is 0 Å². The van der Waals surface area contributed by atoms with Crippen LogP contribution in [0.3, 0.4) is 0 Å². The van der Waals surface area contributed by atoms with E-state index in [-0.39, 0.29) is 0 Å². The van der Waals surface area contributed by atoms with Crippen LogP contribution >= 0.6 is 12.2 Å². The van der Waals surface area contributed by atoms with E-state index in [1.807, 2.05) is 42.3 Å². The van der Waals surface area contributed by atoms with Crippen molar-refractivity contribution in [2.24, 2.45) is 5.73 Å². The van der Waals surface area contributed by atoms with Crippen molar-refractivity contribution in [1.82, 2.24) is 4.98 Å². The molecule has 1 aromatic heterocycles. The molecule has 0 unspecified atom stereocenters. The van der Waals surface area contributed by atoms with Gasteiger partial charge < -0.3 is 15.4 Å². The highest BCUT2D eigenvalue weighted by atomic mass is 32.1. The SMILES string of the molecule is COc1cccc(N(C)c2cnccc2C(N)=S)c1. The van der Waals surface area contributed by atoms with E-state index in [1.54, 1.807) is 19.5 Å². The highest BCUT2D eigenvalue weighted by molar-refractivity contribution is 7.80. The lowest BCUT2D eigenvalue weighted by atomic mass is 10.2. The average molecular weight is 273 g/mol. The number of pyridine rings is 1. The van der Waals surface area contributed by atoms with Crippen molar-refractivity contribution in [3.05, 3.63) is 48.3 Å². The summed E-state index contributed by atoms with van der Waals surface area (Å²) in [7, 11) is 3.58. The summed E-state index contributed by atoms with van der Waals surface area (Å²) in [5.41, 5.74) is 8.38. The summed E-state index contributed by atoms with van der Waals surface area (Å²) < 4.78 is 5.23. The van der Waals surface area contributed by atoms with Crippen LogP contribution in [0.4, 0.5) is 11.4 Å². The zero-order valence-corrected chi connectivity index (χ0v) is 11.6. The van der Waals surface area contributed by atoms with Gasteiger partial charge in [-0.05, 0) is 18.2 Å². The van der Waals surface area contributed by atoms with Gasteiger partial charge in [0.25, 0.3) is 0 Å². The molecule has 5 heteroatoms. The molecule has 0 atom stereocenters. The molecule has 0 aliphatic rings. The van der Waals surface area contributed by atoms with Gasteiger partial charge in [-0.15, -0.1) is 0 Å². The van der Waals surface area contributed by atoms with E-state index in [0.717, 1.165) is 22.7 Å². The van der Waals surface area contributed by atoms with Gasteiger partial charge in [0, 0.05) is 30.6 Å². The molecule has 19 heavy (non-hydrogen) atoms. The Balaban J connectivity index is 2.43. The smallest absolute Gasteiger partial charge is 0.120 e. The van der Waals surface area contributed by atoms with Crippen LogP contribution in [0, 0.1) is 0 Å². The maximum Gasteiger partial charge on any atom is 0.120 e. The molecule has 0 amide bonds. The molecule has 2 rings (SSSR count). The minimum atomic E-state index is 0.354. The molecule has 0 saturated carbocycles. The Hall–Kier alpha value is -2.14. The molecule has 98 valence electrons. The van der Waals surface area contributed by atoms with Crippen LogP contribution in [0.5, 0.6) is 5.75 Å². The Morgan fingerprint density at radius 1 is 1.37 bits per heavy atom. The third-order valence-corrected chi connectivity index (χ3v) is 3.09. The lowest BCUT2D eigenvalue weighted by molar-refractivity contribution is 0.415. The fourth-order valence-corrected chi connectivity index (χ4v) is 1.99. The number of benzene rings is 1. The molecule has 0 bridgehead atoms. The molecule has 1 heterocycles. The van der Waals surface area contributed by atoms with Gasteiger partial charge in [-0.3, -0.25) is 4.98 Å². The van der Waals surface area contributed by atoms with Gasteiger partial charge in [-0.25, -0.2) is 0 Å². The van der Waals surface area contributed by atoms with Gasteiger partial charge >= 0.3 is 0 Å². The minimum Gasteiger partial charge on any atom is -0.497 e. The number of ether oxygens (including phenoxy) is 1. The third-order valence-electron chi connectivity index (χ3n) is 2.87. The molecular weight excluding hydrogens is 258 g/mol. The Labute approximate surface area is 117 Å². The van der Waals surface area contributed by atoms with Crippen molar-refractivity contribution in [2.75, 3.05) is 19.1 Å². The zero-order valence-electron chi connectivity index (χ0n) is 10.8. The molecule has 1 aromatic carbocycles. The third kappa shape index (κ3) is 2.82. The number of rotatable bonds is 4. The molecule has 0 aliphatic carbocycles. The van der Waals surface area contributed by atoms with Crippen LogP contribution in [0.2, 0.25) is 0 Å². The lowest BCUT2D eigenvalue weighted by Gasteiger charge is -2.22. The Bertz CT molecular complexity index is 601. The first kappa shape index (κ1) is 13.3. The second kappa shape index (κ2) is 5.67. The normalized spacial score (nSPS) is 10.0. The molecule has 0 aliphatic heterocycles. The zero-order chi connectivity index (χ0) is 13.8. The summed E-state index contributed by atoms with van der Waals surface area (Å²) in [5, 5.41) is 0. The van der Waals surface area contributed by atoms with E-state index in [4.69, 9.17) is 22.7 Å². The number of nitrogens with zero attached hydrogens (tertiary/aromatic N) is 2. The predicted molar refractivity (Wildman–Crippen MR) is 81.2 cm³/mol. The van der Waals surface area contributed by atoms with E-state index in [2.05, 4.69) is 4.98 Å². The standard InChI is InChI=1S/C14H15N3OS/c1-17(10-4-3-5-11(8-10)18-2)13-9-16-7-6-12(13)14(15)19/h3-9H,1-2H3,(H2,15,19). The van der Waals surface area contributed by atoms with E-state index in [1.165, 1.54) is 0 Å². The molecule has 0 spiro atoms. The molecule has 2 aromatic rings. The maximum absolute atomic E-state index is 5.74. The van der Waals surface area contributed by atoms with Crippen LogP contribution in [0.15, 0.2) is 42.7 Å². The van der Waals surface area contributed by atoms with Gasteiger partial charge in [0.1, 0.15) is 10.7 Å². The molecule has 0 radical (unpaired) electrons. The van der Waals surface area contributed by atoms with E-state index in [9.17, 15) is 0 Å². The van der Waals surface area contributed by atoms with E-state index >= 15 is 0 Å². The van der Waals surface area contributed by atoms with E-state index in [0.29, 0.717) is 4.99 Å². The first-order valence-corrected chi connectivity index (χ1v) is 6.16. The predicted octanol–water partition coefficient (Wildman–Crippen LogP) is 2.49. The molecular formula is C14H15N3OS. The Morgan fingerprint density at radius 3 is 2.84 bits per heavy atom. The van der Waals surface area contributed by atoms with Crippen molar-refractivity contribution >= 4 is 28.6 Å². The average Bonchev–Trinajstić information content (AvgIpc) is 2.46. The van der Waals surface area contributed by atoms with Crippen LogP contribution in [0.1, 0.15) is 5.56 Å². The first-order chi connectivity index (χ1) is 9.13. The van der Waals surface area contributed by atoms with Crippen molar-refractivity contribution in [3.63, 3.8) is 0 Å². The fraction of sp³-hybridized carbons (Fsp3) is 0.143. The Kier molecular flexibility index (Phi) is 3.97. The van der Waals surface area contributed by atoms with Gasteiger partial charge in [0.05, 0.1) is 19.0 Å². The summed E-state index contributed by atoms with van der Waals surface area (Å²) >= 11 is 5.07. The van der Waals surface area contributed by atoms with Crippen LogP contribution in [0.25, 0.3) is 0 Å². The summed E-state index contributed by atoms with van der Waals surface area (Å²) in [6.07, 6.45) is 3.42. The lowest BCUT2D eigenvalue weighted by Crippen LogP contribution is -2.18. The van der Waals surface area contributed by atoms with Crippen molar-refractivity contribution in [1.29, 1.82) is 0 Å². The van der Waals surface area contributed by atoms with Crippen molar-refractivity contribution in [3.8, 4) is 5.75 Å². The highest BCUT2D eigenvalue weighted by Crippen LogP contribution is 2.28. The topological polar surface area (TPSA) is 51.4 Å². The highest BCUT2D eigenvalue weighted by Gasteiger charge is 2.11. The van der Waals surface area contributed by atoms with Crippen LogP contribution < -0.4 is 15.4 Å². The molecule has 0 fully saturated rings. The molecule has 4 nitrogen and oxygen atoms in total. The van der Waals surface area contributed by atoms with Crippen molar-refractivity contribution in [2.45, 2.75) is 0 Å². The summed E-state index contributed by atoms with van der Waals surface area (Å²) in [4.78, 5) is 6.46. The monoisotopic (exact) mass is 273 g/mol. The van der Waals surface area contributed by atoms with Gasteiger partial charge in [-0.1, -0.05) is 18.3 Å². The van der Waals surface area contributed by atoms with Gasteiger partial charge in [0.15, 0.2) is 0 Å². The summed E-state index contributed by atoms with van der Waals surface area (Å²) in [5.74, 6) is 0.796. The van der Waals surface area contributed by atoms with Crippen LogP contribution in [-0.4, -0.2) is 24.1 Å². The fourth-order valence-electron chi connectivity index (χ4n) is 1.82.